The number of nitrogens with one attached hydrogen (secondary N) is 3. The van der Waals surface area contributed by atoms with E-state index in [1.165, 1.54) is 11.1 Å². The van der Waals surface area contributed by atoms with Crippen LogP contribution < -0.4 is 16.0 Å². The van der Waals surface area contributed by atoms with Gasteiger partial charge in [0, 0.05) is 38.8 Å². The maximum Gasteiger partial charge on any atom is 0.321 e. The summed E-state index contributed by atoms with van der Waals surface area (Å²) < 4.78 is 0. The molecule has 0 aliphatic heterocycles. The molecule has 1 heterocycles. The zero-order valence-electron chi connectivity index (χ0n) is 21.0. The molecule has 4 amide bonds. The topological polar surface area (TPSA) is 86.4 Å². The number of hydrogen-bond donors (Lipinski definition) is 3. The Kier molecular flexibility index (Phi) is 11.3. The molecule has 190 valence electrons. The van der Waals surface area contributed by atoms with Gasteiger partial charge in [0.15, 0.2) is 0 Å². The van der Waals surface area contributed by atoms with E-state index in [-0.39, 0.29) is 18.0 Å². The Morgan fingerprint density at radius 3 is 2.08 bits per heavy atom. The smallest absolute Gasteiger partial charge is 0.321 e. The molecule has 0 bridgehead atoms. The Morgan fingerprint density at radius 2 is 1.44 bits per heavy atom. The molecular weight excluding hydrogens is 450 g/mol. The number of carbonyl (C=O) groups is 2. The average Bonchev–Trinajstić information content (AvgIpc) is 2.92. The molecule has 0 saturated carbocycles. The first-order valence-electron chi connectivity index (χ1n) is 12.7. The van der Waals surface area contributed by atoms with Crippen LogP contribution in [0.2, 0.25) is 0 Å². The Hall–Kier alpha value is -3.87. The molecule has 0 unspecified atom stereocenters. The summed E-state index contributed by atoms with van der Waals surface area (Å²) in [6.07, 6.45) is 7.97. The van der Waals surface area contributed by atoms with E-state index in [4.69, 9.17) is 0 Å². The fraction of sp³-hybridized carbons (Fsp3) is 0.345. The number of anilines is 1. The molecule has 0 radical (unpaired) electrons. The summed E-state index contributed by atoms with van der Waals surface area (Å²) in [6, 6.07) is 24.2. The number of urea groups is 2. The summed E-state index contributed by atoms with van der Waals surface area (Å²) in [4.78, 5) is 30.1. The third-order valence-electron chi connectivity index (χ3n) is 6.09. The summed E-state index contributed by atoms with van der Waals surface area (Å²) in [5.74, 6) is 0.247. The minimum atomic E-state index is -0.136. The molecule has 0 fully saturated rings. The van der Waals surface area contributed by atoms with Crippen LogP contribution >= 0.6 is 0 Å². The molecule has 0 aliphatic rings. The van der Waals surface area contributed by atoms with Crippen LogP contribution in [0, 0.1) is 0 Å². The molecular formula is C29H37N5O2. The molecule has 3 N–H and O–H groups in total. The molecule has 3 aromatic rings. The van der Waals surface area contributed by atoms with Gasteiger partial charge in [-0.15, -0.1) is 0 Å². The predicted octanol–water partition coefficient (Wildman–Crippen LogP) is 5.63. The van der Waals surface area contributed by atoms with Gasteiger partial charge in [0.25, 0.3) is 0 Å². The van der Waals surface area contributed by atoms with Gasteiger partial charge < -0.3 is 20.9 Å². The maximum atomic E-state index is 12.2. The average molecular weight is 488 g/mol. The number of nitrogens with zero attached hydrogens (tertiary/aromatic N) is 2. The second-order valence-corrected chi connectivity index (χ2v) is 8.85. The quantitative estimate of drug-likeness (QED) is 0.273. The van der Waals surface area contributed by atoms with E-state index in [0.29, 0.717) is 25.3 Å². The van der Waals surface area contributed by atoms with Gasteiger partial charge in [-0.1, -0.05) is 73.5 Å². The highest BCUT2D eigenvalue weighted by atomic mass is 16.2. The molecule has 0 atom stereocenters. The van der Waals surface area contributed by atoms with E-state index in [9.17, 15) is 9.59 Å². The van der Waals surface area contributed by atoms with Crippen LogP contribution in [0.3, 0.4) is 0 Å². The first-order valence-corrected chi connectivity index (χ1v) is 12.7. The number of hydrogen-bond acceptors (Lipinski definition) is 3. The van der Waals surface area contributed by atoms with Crippen LogP contribution in [0.5, 0.6) is 0 Å². The molecule has 2 aromatic carbocycles. The van der Waals surface area contributed by atoms with Crippen LogP contribution in [0.15, 0.2) is 85.2 Å². The standard InChI is InChI=1S/C29H37N5O2/c1-34(29(36)33-26-17-12-19-30-23-26)22-11-3-2-10-20-31-28(35)32-21-18-27(24-13-6-4-7-14-24)25-15-8-5-9-16-25/h4-9,12-17,19,23,27H,2-3,10-11,18,20-22H2,1H3,(H,33,36)(H2,31,32,35). The predicted molar refractivity (Wildman–Crippen MR) is 145 cm³/mol. The van der Waals surface area contributed by atoms with E-state index in [0.717, 1.165) is 32.1 Å². The highest BCUT2D eigenvalue weighted by Crippen LogP contribution is 2.27. The van der Waals surface area contributed by atoms with Crippen molar-refractivity contribution < 1.29 is 9.59 Å². The van der Waals surface area contributed by atoms with Crippen molar-refractivity contribution in [3.63, 3.8) is 0 Å². The van der Waals surface area contributed by atoms with E-state index in [1.54, 1.807) is 30.4 Å². The Bertz CT molecular complexity index is 992. The third-order valence-corrected chi connectivity index (χ3v) is 6.09. The molecule has 1 aromatic heterocycles. The summed E-state index contributed by atoms with van der Waals surface area (Å²) in [7, 11) is 1.79. The molecule has 0 spiro atoms. The first-order chi connectivity index (χ1) is 17.6. The highest BCUT2D eigenvalue weighted by Gasteiger charge is 2.14. The number of benzene rings is 2. The second-order valence-electron chi connectivity index (χ2n) is 8.85. The molecule has 0 saturated heterocycles. The number of pyridine rings is 1. The van der Waals surface area contributed by atoms with Crippen LogP contribution in [-0.4, -0.2) is 48.6 Å². The van der Waals surface area contributed by atoms with Crippen LogP contribution in [0.4, 0.5) is 15.3 Å². The largest absolute Gasteiger partial charge is 0.338 e. The molecule has 0 aliphatic carbocycles. The molecule has 7 nitrogen and oxygen atoms in total. The summed E-state index contributed by atoms with van der Waals surface area (Å²) in [5, 5.41) is 8.77. The summed E-state index contributed by atoms with van der Waals surface area (Å²) >= 11 is 0. The number of aromatic nitrogens is 1. The van der Waals surface area contributed by atoms with Crippen molar-refractivity contribution in [2.75, 3.05) is 32.0 Å². The van der Waals surface area contributed by atoms with Crippen LogP contribution in [-0.2, 0) is 0 Å². The van der Waals surface area contributed by atoms with Gasteiger partial charge in [0.2, 0.25) is 0 Å². The fourth-order valence-corrected chi connectivity index (χ4v) is 4.08. The summed E-state index contributed by atoms with van der Waals surface area (Å²) in [5.41, 5.74) is 3.20. The zero-order valence-corrected chi connectivity index (χ0v) is 21.0. The number of rotatable bonds is 13. The normalized spacial score (nSPS) is 10.6. The molecule has 3 rings (SSSR count). The SMILES string of the molecule is CN(CCCCCCNC(=O)NCCC(c1ccccc1)c1ccccc1)C(=O)Nc1cccnc1. The lowest BCUT2D eigenvalue weighted by Gasteiger charge is -2.18. The maximum absolute atomic E-state index is 12.2. The van der Waals surface area contributed by atoms with E-state index in [2.05, 4.69) is 69.5 Å². The lowest BCUT2D eigenvalue weighted by molar-refractivity contribution is 0.221. The van der Waals surface area contributed by atoms with Crippen LogP contribution in [0.1, 0.15) is 49.1 Å². The first kappa shape index (κ1) is 26.7. The van der Waals surface area contributed by atoms with Crippen molar-refractivity contribution >= 4 is 17.7 Å². The monoisotopic (exact) mass is 487 g/mol. The van der Waals surface area contributed by atoms with Gasteiger partial charge in [-0.25, -0.2) is 9.59 Å². The number of unbranched alkanes of at least 4 members (excludes halogenated alkanes) is 3. The van der Waals surface area contributed by atoms with E-state index in [1.807, 2.05) is 18.2 Å². The minimum absolute atomic E-state index is 0.123. The lowest BCUT2D eigenvalue weighted by Crippen LogP contribution is -2.37. The highest BCUT2D eigenvalue weighted by molar-refractivity contribution is 5.88. The summed E-state index contributed by atoms with van der Waals surface area (Å²) in [6.45, 7) is 1.93. The Morgan fingerprint density at radius 1 is 0.806 bits per heavy atom. The fourth-order valence-electron chi connectivity index (χ4n) is 4.08. The number of amides is 4. The van der Waals surface area contributed by atoms with Gasteiger partial charge in [0.1, 0.15) is 0 Å². The van der Waals surface area contributed by atoms with Crippen molar-refractivity contribution in [3.05, 3.63) is 96.3 Å². The Balaban J connectivity index is 1.25. The number of carbonyl (C=O) groups excluding carboxylic acids is 2. The van der Waals surface area contributed by atoms with Gasteiger partial charge in [-0.05, 0) is 42.5 Å². The van der Waals surface area contributed by atoms with E-state index >= 15 is 0 Å². The van der Waals surface area contributed by atoms with Gasteiger partial charge in [0.05, 0.1) is 11.9 Å². The van der Waals surface area contributed by atoms with Gasteiger partial charge in [-0.3, -0.25) is 4.98 Å². The lowest BCUT2D eigenvalue weighted by atomic mass is 9.88. The van der Waals surface area contributed by atoms with Gasteiger partial charge in [-0.2, -0.15) is 0 Å². The second kappa shape index (κ2) is 15.2. The van der Waals surface area contributed by atoms with Crippen molar-refractivity contribution in [2.45, 2.75) is 38.0 Å². The minimum Gasteiger partial charge on any atom is -0.338 e. The van der Waals surface area contributed by atoms with E-state index < -0.39 is 0 Å². The zero-order chi connectivity index (χ0) is 25.4. The van der Waals surface area contributed by atoms with Crippen molar-refractivity contribution in [1.29, 1.82) is 0 Å². The van der Waals surface area contributed by atoms with Crippen LogP contribution in [0.25, 0.3) is 0 Å². The molecule has 36 heavy (non-hydrogen) atoms. The Labute approximate surface area is 214 Å². The van der Waals surface area contributed by atoms with Crippen molar-refractivity contribution in [3.8, 4) is 0 Å². The third kappa shape index (κ3) is 9.41. The molecule has 7 heteroatoms. The van der Waals surface area contributed by atoms with Crippen molar-refractivity contribution in [1.82, 2.24) is 20.5 Å². The van der Waals surface area contributed by atoms with Crippen molar-refractivity contribution in [2.24, 2.45) is 0 Å². The van der Waals surface area contributed by atoms with Gasteiger partial charge >= 0.3 is 12.1 Å².